The van der Waals surface area contributed by atoms with Crippen molar-refractivity contribution in [2.24, 2.45) is 0 Å². The zero-order valence-corrected chi connectivity index (χ0v) is 12.1. The number of halogens is 2. The summed E-state index contributed by atoms with van der Waals surface area (Å²) in [5.41, 5.74) is 0.443. The molecule has 0 unspecified atom stereocenters. The van der Waals surface area contributed by atoms with Gasteiger partial charge in [-0.25, -0.2) is 4.39 Å². The van der Waals surface area contributed by atoms with Gasteiger partial charge < -0.3 is 4.74 Å². The molecule has 7 heteroatoms. The van der Waals surface area contributed by atoms with Crippen LogP contribution in [0.3, 0.4) is 0 Å². The molecule has 0 N–H and O–H groups in total. The molecule has 21 heavy (non-hydrogen) atoms. The fourth-order valence-electron chi connectivity index (χ4n) is 1.63. The number of ether oxygens (including phenoxy) is 1. The molecule has 2 aromatic rings. The Kier molecular flexibility index (Phi) is 4.50. The molecule has 0 spiro atoms. The number of nitriles is 1. The largest absolute Gasteiger partial charge is 0.489 e. The lowest BCUT2D eigenvalue weighted by molar-refractivity contribution is -0.385. The first-order valence-electron chi connectivity index (χ1n) is 5.76. The molecule has 0 radical (unpaired) electrons. The molecule has 2 aromatic carbocycles. The first-order chi connectivity index (χ1) is 10.0. The van der Waals surface area contributed by atoms with Gasteiger partial charge in [-0.05, 0) is 39.7 Å². The molecule has 0 aliphatic heterocycles. The Hall–Kier alpha value is -2.46. The molecule has 0 aromatic heterocycles. The topological polar surface area (TPSA) is 76.2 Å². The zero-order valence-electron chi connectivity index (χ0n) is 10.5. The fraction of sp³-hybridized carbons (Fsp3) is 0.0714. The number of nitrogens with zero attached hydrogens (tertiary/aromatic N) is 2. The van der Waals surface area contributed by atoms with Crippen LogP contribution < -0.4 is 4.74 Å². The van der Waals surface area contributed by atoms with Crippen molar-refractivity contribution in [3.63, 3.8) is 0 Å². The summed E-state index contributed by atoms with van der Waals surface area (Å²) < 4.78 is 19.1. The highest BCUT2D eigenvalue weighted by atomic mass is 79.9. The zero-order chi connectivity index (χ0) is 15.4. The van der Waals surface area contributed by atoms with Crippen molar-refractivity contribution >= 4 is 21.6 Å². The van der Waals surface area contributed by atoms with E-state index in [0.717, 1.165) is 6.07 Å². The number of hydrogen-bond acceptors (Lipinski definition) is 4. The van der Waals surface area contributed by atoms with Crippen molar-refractivity contribution in [3.05, 3.63) is 67.9 Å². The van der Waals surface area contributed by atoms with E-state index in [9.17, 15) is 14.5 Å². The van der Waals surface area contributed by atoms with Gasteiger partial charge in [0, 0.05) is 12.1 Å². The summed E-state index contributed by atoms with van der Waals surface area (Å²) in [7, 11) is 0. The first kappa shape index (κ1) is 14.9. The van der Waals surface area contributed by atoms with Crippen LogP contribution in [-0.2, 0) is 6.61 Å². The van der Waals surface area contributed by atoms with Gasteiger partial charge in [0.25, 0.3) is 5.69 Å². The average Bonchev–Trinajstić information content (AvgIpc) is 2.46. The third kappa shape index (κ3) is 3.55. The van der Waals surface area contributed by atoms with Gasteiger partial charge >= 0.3 is 0 Å². The van der Waals surface area contributed by atoms with E-state index in [0.29, 0.717) is 10.0 Å². The summed E-state index contributed by atoms with van der Waals surface area (Å²) in [6, 6.07) is 10.2. The predicted octanol–water partition coefficient (Wildman–Crippen LogP) is 3.95. The maximum atomic E-state index is 13.4. The van der Waals surface area contributed by atoms with E-state index < -0.39 is 10.7 Å². The molecule has 0 saturated carbocycles. The predicted molar refractivity (Wildman–Crippen MR) is 76.2 cm³/mol. The van der Waals surface area contributed by atoms with E-state index in [4.69, 9.17) is 10.00 Å². The summed E-state index contributed by atoms with van der Waals surface area (Å²) in [6.07, 6.45) is 0. The van der Waals surface area contributed by atoms with E-state index in [-0.39, 0.29) is 23.6 Å². The molecule has 5 nitrogen and oxygen atoms in total. The summed E-state index contributed by atoms with van der Waals surface area (Å²) in [4.78, 5) is 10.3. The summed E-state index contributed by atoms with van der Waals surface area (Å²) in [6.45, 7) is 0.0550. The minimum atomic E-state index is -0.670. The maximum absolute atomic E-state index is 13.4. The lowest BCUT2D eigenvalue weighted by Gasteiger charge is -2.07. The molecule has 0 atom stereocenters. The standard InChI is InChI=1S/C14H8BrFN2O3/c15-12-4-1-9(5-14(12)18(19)20)8-21-11-3-2-10(7-17)13(16)6-11/h1-6H,8H2. The molecule has 0 bridgehead atoms. The summed E-state index contributed by atoms with van der Waals surface area (Å²) in [5.74, 6) is -0.422. The normalized spacial score (nSPS) is 9.95. The lowest BCUT2D eigenvalue weighted by atomic mass is 10.2. The van der Waals surface area contributed by atoms with Gasteiger partial charge in [0.05, 0.1) is 15.0 Å². The number of benzene rings is 2. The highest BCUT2D eigenvalue weighted by Gasteiger charge is 2.12. The van der Waals surface area contributed by atoms with Gasteiger partial charge in [0.2, 0.25) is 0 Å². The fourth-order valence-corrected chi connectivity index (χ4v) is 2.02. The number of nitro benzene ring substituents is 1. The highest BCUT2D eigenvalue weighted by Crippen LogP contribution is 2.26. The molecule has 0 amide bonds. The number of hydrogen-bond donors (Lipinski definition) is 0. The smallest absolute Gasteiger partial charge is 0.283 e. The molecular formula is C14H8BrFN2O3. The summed E-state index contributed by atoms with van der Waals surface area (Å²) >= 11 is 3.09. The minimum absolute atomic E-state index is 0.0550. The molecule has 106 valence electrons. The van der Waals surface area contributed by atoms with Crippen LogP contribution >= 0.6 is 15.9 Å². The third-order valence-electron chi connectivity index (χ3n) is 2.67. The molecule has 0 fully saturated rings. The van der Waals surface area contributed by atoms with E-state index in [1.54, 1.807) is 18.2 Å². The Labute approximate surface area is 127 Å². The average molecular weight is 351 g/mol. The van der Waals surface area contributed by atoms with Crippen molar-refractivity contribution < 1.29 is 14.1 Å². The second kappa shape index (κ2) is 6.33. The van der Waals surface area contributed by atoms with Crippen LogP contribution in [0.25, 0.3) is 0 Å². The molecule has 0 aliphatic carbocycles. The van der Waals surface area contributed by atoms with Gasteiger partial charge in [0.1, 0.15) is 24.2 Å². The lowest BCUT2D eigenvalue weighted by Crippen LogP contribution is -1.98. The Bertz CT molecular complexity index is 743. The van der Waals surface area contributed by atoms with Gasteiger partial charge in [-0.3, -0.25) is 10.1 Å². The quantitative estimate of drug-likeness (QED) is 0.617. The van der Waals surface area contributed by atoms with E-state index in [2.05, 4.69) is 15.9 Å². The van der Waals surface area contributed by atoms with Crippen molar-refractivity contribution in [1.29, 1.82) is 5.26 Å². The highest BCUT2D eigenvalue weighted by molar-refractivity contribution is 9.10. The Morgan fingerprint density at radius 2 is 2.10 bits per heavy atom. The van der Waals surface area contributed by atoms with Crippen molar-refractivity contribution in [2.75, 3.05) is 0 Å². The van der Waals surface area contributed by atoms with Crippen LogP contribution in [0.1, 0.15) is 11.1 Å². The van der Waals surface area contributed by atoms with Crippen LogP contribution in [0, 0.1) is 27.3 Å². The second-order valence-corrected chi connectivity index (χ2v) is 4.94. The van der Waals surface area contributed by atoms with E-state index in [1.165, 1.54) is 18.2 Å². The van der Waals surface area contributed by atoms with Crippen LogP contribution in [0.5, 0.6) is 5.75 Å². The van der Waals surface area contributed by atoms with Crippen molar-refractivity contribution in [1.82, 2.24) is 0 Å². The molecule has 0 aliphatic rings. The summed E-state index contributed by atoms with van der Waals surface area (Å²) in [5, 5.41) is 19.4. The minimum Gasteiger partial charge on any atom is -0.489 e. The molecular weight excluding hydrogens is 343 g/mol. The molecule has 0 saturated heterocycles. The number of nitro groups is 1. The van der Waals surface area contributed by atoms with Gasteiger partial charge in [-0.2, -0.15) is 5.26 Å². The Morgan fingerprint density at radius 3 is 2.71 bits per heavy atom. The third-order valence-corrected chi connectivity index (χ3v) is 3.34. The Balaban J connectivity index is 2.13. The molecule has 2 rings (SSSR count). The van der Waals surface area contributed by atoms with Gasteiger partial charge in [0.15, 0.2) is 0 Å². The van der Waals surface area contributed by atoms with Gasteiger partial charge in [-0.1, -0.05) is 6.07 Å². The molecule has 0 heterocycles. The number of rotatable bonds is 4. The first-order valence-corrected chi connectivity index (χ1v) is 6.56. The Morgan fingerprint density at radius 1 is 1.33 bits per heavy atom. The van der Waals surface area contributed by atoms with Crippen molar-refractivity contribution in [3.8, 4) is 11.8 Å². The second-order valence-electron chi connectivity index (χ2n) is 4.09. The van der Waals surface area contributed by atoms with Crippen molar-refractivity contribution in [2.45, 2.75) is 6.61 Å². The van der Waals surface area contributed by atoms with Crippen LogP contribution in [0.15, 0.2) is 40.9 Å². The van der Waals surface area contributed by atoms with E-state index in [1.807, 2.05) is 0 Å². The van der Waals surface area contributed by atoms with Crippen LogP contribution in [0.4, 0.5) is 10.1 Å². The van der Waals surface area contributed by atoms with E-state index >= 15 is 0 Å². The van der Waals surface area contributed by atoms with Crippen LogP contribution in [0.2, 0.25) is 0 Å². The van der Waals surface area contributed by atoms with Crippen LogP contribution in [-0.4, -0.2) is 4.92 Å². The van der Waals surface area contributed by atoms with Gasteiger partial charge in [-0.15, -0.1) is 0 Å². The maximum Gasteiger partial charge on any atom is 0.283 e. The monoisotopic (exact) mass is 350 g/mol. The SMILES string of the molecule is N#Cc1ccc(OCc2ccc(Br)c([N+](=O)[O-])c2)cc1F.